The minimum absolute atomic E-state index is 0.0315. The predicted octanol–water partition coefficient (Wildman–Crippen LogP) is 5.18. The lowest BCUT2D eigenvalue weighted by Crippen LogP contribution is -2.23. The van der Waals surface area contributed by atoms with Crippen molar-refractivity contribution in [2.45, 2.75) is 64.8 Å². The van der Waals surface area contributed by atoms with Crippen LogP contribution in [0.2, 0.25) is 0 Å². The summed E-state index contributed by atoms with van der Waals surface area (Å²) in [5.41, 5.74) is -1.28. The van der Waals surface area contributed by atoms with Gasteiger partial charge in [-0.15, -0.1) is 11.3 Å². The van der Waals surface area contributed by atoms with E-state index in [2.05, 4.69) is 25.8 Å². The molecule has 1 aromatic heterocycles. The zero-order valence-electron chi connectivity index (χ0n) is 18.1. The second kappa shape index (κ2) is 9.16. The van der Waals surface area contributed by atoms with Gasteiger partial charge >= 0.3 is 6.18 Å². The summed E-state index contributed by atoms with van der Waals surface area (Å²) in [5.74, 6) is -0.680. The minimum Gasteiger partial charge on any atom is -0.493 e. The van der Waals surface area contributed by atoms with E-state index >= 15 is 0 Å². The number of nitrogens with zero attached hydrogens (tertiary/aromatic N) is 2. The summed E-state index contributed by atoms with van der Waals surface area (Å²) in [7, 11) is 0. The number of hydrogen-bond donors (Lipinski definition) is 0. The van der Waals surface area contributed by atoms with Crippen LogP contribution in [0.5, 0.6) is 5.75 Å². The molecule has 1 aliphatic heterocycles. The summed E-state index contributed by atoms with van der Waals surface area (Å²) in [4.78, 5) is 18.7. The molecule has 0 bridgehead atoms. The number of ether oxygens (including phenoxy) is 2. The summed E-state index contributed by atoms with van der Waals surface area (Å²) in [6.45, 7) is 9.34. The van der Waals surface area contributed by atoms with Crippen molar-refractivity contribution in [1.82, 2.24) is 4.57 Å². The Balaban J connectivity index is 2.05. The van der Waals surface area contributed by atoms with Crippen LogP contribution in [0.1, 0.15) is 61.3 Å². The molecule has 2 heterocycles. The Hall–Kier alpha value is -2.13. The van der Waals surface area contributed by atoms with Crippen LogP contribution in [-0.4, -0.2) is 29.8 Å². The van der Waals surface area contributed by atoms with Crippen LogP contribution in [0.4, 0.5) is 13.2 Å². The number of amides is 1. The molecular formula is C22H27F3N2O3S. The van der Waals surface area contributed by atoms with Gasteiger partial charge in [-0.05, 0) is 43.4 Å². The van der Waals surface area contributed by atoms with Crippen molar-refractivity contribution in [3.8, 4) is 5.75 Å². The summed E-state index contributed by atoms with van der Waals surface area (Å²) in [5, 5.41) is 0. The van der Waals surface area contributed by atoms with Crippen LogP contribution in [0, 0.1) is 0 Å². The van der Waals surface area contributed by atoms with Crippen molar-refractivity contribution in [3.05, 3.63) is 45.2 Å². The summed E-state index contributed by atoms with van der Waals surface area (Å²) in [6, 6.07) is 2.88. The first-order valence-corrected chi connectivity index (χ1v) is 11.1. The fourth-order valence-electron chi connectivity index (χ4n) is 3.25. The highest BCUT2D eigenvalue weighted by atomic mass is 32.1. The Morgan fingerprint density at radius 2 is 2.06 bits per heavy atom. The SMILES string of the molecule is CCOc1ccc(C(F)(F)F)cc1C(=O)N=c1sc(C(C)(C)C)cn1CC1CCCO1. The Kier molecular flexibility index (Phi) is 6.95. The van der Waals surface area contributed by atoms with Gasteiger partial charge in [-0.3, -0.25) is 4.79 Å². The summed E-state index contributed by atoms with van der Waals surface area (Å²) in [6.07, 6.45) is -0.683. The number of rotatable bonds is 5. The summed E-state index contributed by atoms with van der Waals surface area (Å²) >= 11 is 1.36. The van der Waals surface area contributed by atoms with Crippen LogP contribution in [0.25, 0.3) is 0 Å². The van der Waals surface area contributed by atoms with E-state index in [9.17, 15) is 18.0 Å². The first-order chi connectivity index (χ1) is 14.5. The molecule has 31 heavy (non-hydrogen) atoms. The van der Waals surface area contributed by atoms with E-state index in [4.69, 9.17) is 9.47 Å². The fraction of sp³-hybridized carbons (Fsp3) is 0.545. The monoisotopic (exact) mass is 456 g/mol. The van der Waals surface area contributed by atoms with Gasteiger partial charge in [0.1, 0.15) is 5.75 Å². The highest BCUT2D eigenvalue weighted by molar-refractivity contribution is 7.09. The van der Waals surface area contributed by atoms with Gasteiger partial charge in [-0.2, -0.15) is 18.2 Å². The quantitative estimate of drug-likeness (QED) is 0.623. The molecule has 1 unspecified atom stereocenters. The van der Waals surface area contributed by atoms with Gasteiger partial charge in [0.2, 0.25) is 0 Å². The van der Waals surface area contributed by atoms with Crippen LogP contribution in [-0.2, 0) is 22.9 Å². The maximum absolute atomic E-state index is 13.2. The van der Waals surface area contributed by atoms with Crippen molar-refractivity contribution in [2.75, 3.05) is 13.2 Å². The first-order valence-electron chi connectivity index (χ1n) is 10.2. The van der Waals surface area contributed by atoms with E-state index in [-0.39, 0.29) is 29.4 Å². The molecule has 1 atom stereocenters. The number of benzene rings is 1. The maximum Gasteiger partial charge on any atom is 0.416 e. The lowest BCUT2D eigenvalue weighted by atomic mass is 9.95. The van der Waals surface area contributed by atoms with Crippen molar-refractivity contribution < 1.29 is 27.4 Å². The lowest BCUT2D eigenvalue weighted by Gasteiger charge is -2.15. The average Bonchev–Trinajstić information content (AvgIpc) is 3.32. The molecule has 0 spiro atoms. The van der Waals surface area contributed by atoms with Gasteiger partial charge in [0.25, 0.3) is 5.91 Å². The van der Waals surface area contributed by atoms with Gasteiger partial charge in [-0.1, -0.05) is 20.8 Å². The third-order valence-electron chi connectivity index (χ3n) is 4.92. The topological polar surface area (TPSA) is 52.8 Å². The molecular weight excluding hydrogens is 429 g/mol. The largest absolute Gasteiger partial charge is 0.493 e. The first kappa shape index (κ1) is 23.5. The van der Waals surface area contributed by atoms with E-state index in [1.54, 1.807) is 6.92 Å². The van der Waals surface area contributed by atoms with Gasteiger partial charge in [0.15, 0.2) is 4.80 Å². The predicted molar refractivity (Wildman–Crippen MR) is 112 cm³/mol. The zero-order valence-corrected chi connectivity index (χ0v) is 18.9. The van der Waals surface area contributed by atoms with Gasteiger partial charge in [0, 0.05) is 17.7 Å². The average molecular weight is 457 g/mol. The molecule has 9 heteroatoms. The molecule has 3 rings (SSSR count). The summed E-state index contributed by atoms with van der Waals surface area (Å²) < 4.78 is 52.6. The van der Waals surface area contributed by atoms with Crippen molar-refractivity contribution >= 4 is 17.2 Å². The molecule has 5 nitrogen and oxygen atoms in total. The highest BCUT2D eigenvalue weighted by Gasteiger charge is 2.32. The van der Waals surface area contributed by atoms with E-state index in [0.29, 0.717) is 18.0 Å². The normalized spacial score (nSPS) is 17.9. The van der Waals surface area contributed by atoms with Crippen molar-refractivity contribution in [1.29, 1.82) is 0 Å². The Bertz CT molecular complexity index is 997. The maximum atomic E-state index is 13.2. The van der Waals surface area contributed by atoms with Crippen LogP contribution in [0.3, 0.4) is 0 Å². The molecule has 1 saturated heterocycles. The Labute approximate surface area is 183 Å². The van der Waals surface area contributed by atoms with Gasteiger partial charge in [0.05, 0.1) is 30.4 Å². The second-order valence-electron chi connectivity index (χ2n) is 8.47. The highest BCUT2D eigenvalue weighted by Crippen LogP contribution is 2.33. The molecule has 0 N–H and O–H groups in total. The molecule has 0 radical (unpaired) electrons. The molecule has 1 aromatic carbocycles. The Morgan fingerprint density at radius 3 is 2.65 bits per heavy atom. The molecule has 170 valence electrons. The second-order valence-corrected chi connectivity index (χ2v) is 9.48. The third-order valence-corrected chi connectivity index (χ3v) is 6.36. The number of alkyl halides is 3. The standard InChI is InChI=1S/C22H27F3N2O3S/c1-5-29-17-9-8-14(22(23,24)25)11-16(17)19(28)26-20-27(12-15-7-6-10-30-15)13-18(31-20)21(2,3)4/h8-9,11,13,15H,5-7,10,12H2,1-4H3. The lowest BCUT2D eigenvalue weighted by molar-refractivity contribution is -0.137. The van der Waals surface area contributed by atoms with Crippen molar-refractivity contribution in [3.63, 3.8) is 0 Å². The molecule has 1 aliphatic rings. The molecule has 0 aliphatic carbocycles. The number of thiazole rings is 1. The number of hydrogen-bond acceptors (Lipinski definition) is 4. The van der Waals surface area contributed by atoms with Crippen LogP contribution >= 0.6 is 11.3 Å². The van der Waals surface area contributed by atoms with Crippen LogP contribution < -0.4 is 9.54 Å². The number of aromatic nitrogens is 1. The van der Waals surface area contributed by atoms with E-state index < -0.39 is 17.6 Å². The van der Waals surface area contributed by atoms with Crippen molar-refractivity contribution in [2.24, 2.45) is 4.99 Å². The third kappa shape index (κ3) is 5.77. The fourth-order valence-corrected chi connectivity index (χ4v) is 4.31. The Morgan fingerprint density at radius 1 is 1.32 bits per heavy atom. The smallest absolute Gasteiger partial charge is 0.416 e. The number of carbonyl (C=O) groups excluding carboxylic acids is 1. The van der Waals surface area contributed by atoms with E-state index in [0.717, 1.165) is 29.9 Å². The van der Waals surface area contributed by atoms with E-state index in [1.807, 2.05) is 10.8 Å². The molecule has 1 fully saturated rings. The molecule has 1 amide bonds. The molecule has 2 aromatic rings. The number of halogens is 3. The van der Waals surface area contributed by atoms with Crippen LogP contribution in [0.15, 0.2) is 29.4 Å². The molecule has 0 saturated carbocycles. The minimum atomic E-state index is -4.57. The number of carbonyl (C=O) groups is 1. The van der Waals surface area contributed by atoms with Gasteiger partial charge < -0.3 is 14.0 Å². The van der Waals surface area contributed by atoms with E-state index in [1.165, 1.54) is 17.4 Å². The van der Waals surface area contributed by atoms with Gasteiger partial charge in [-0.25, -0.2) is 0 Å². The zero-order chi connectivity index (χ0) is 22.8.